The fraction of sp³-hybridized carbons (Fsp3) is 1.00. The molecule has 2 atom stereocenters. The maximum absolute atomic E-state index is 3.70. The summed E-state index contributed by atoms with van der Waals surface area (Å²) in [6, 6.07) is 1.63. The van der Waals surface area contributed by atoms with E-state index < -0.39 is 0 Å². The molecule has 17 heavy (non-hydrogen) atoms. The Morgan fingerprint density at radius 2 is 2.12 bits per heavy atom. The van der Waals surface area contributed by atoms with E-state index in [4.69, 9.17) is 0 Å². The van der Waals surface area contributed by atoms with Crippen LogP contribution in [0.1, 0.15) is 59.3 Å². The van der Waals surface area contributed by atoms with E-state index >= 15 is 0 Å². The van der Waals surface area contributed by atoms with Gasteiger partial charge in [0, 0.05) is 18.6 Å². The van der Waals surface area contributed by atoms with Gasteiger partial charge in [0.2, 0.25) is 0 Å². The minimum absolute atomic E-state index is 0.592. The first-order valence-corrected chi connectivity index (χ1v) is 7.58. The Bertz CT molecular complexity index is 237. The van der Waals surface area contributed by atoms with Crippen LogP contribution in [-0.4, -0.2) is 36.6 Å². The van der Waals surface area contributed by atoms with Crippen LogP contribution >= 0.6 is 0 Å². The molecule has 1 saturated carbocycles. The van der Waals surface area contributed by atoms with E-state index in [1.165, 1.54) is 58.2 Å². The normalized spacial score (nSPS) is 34.1. The molecule has 2 heteroatoms. The molecule has 1 saturated heterocycles. The average Bonchev–Trinajstić information content (AvgIpc) is 2.67. The number of likely N-dealkylation sites (tertiary alicyclic amines) is 1. The van der Waals surface area contributed by atoms with Gasteiger partial charge in [-0.2, -0.15) is 0 Å². The second-order valence-corrected chi connectivity index (χ2v) is 6.85. The minimum Gasteiger partial charge on any atom is -0.313 e. The van der Waals surface area contributed by atoms with Crippen LogP contribution in [0, 0.1) is 5.41 Å². The quantitative estimate of drug-likeness (QED) is 0.810. The first-order valence-electron chi connectivity index (χ1n) is 7.58. The zero-order chi connectivity index (χ0) is 12.3. The molecule has 2 fully saturated rings. The minimum atomic E-state index is 0.592. The van der Waals surface area contributed by atoms with Gasteiger partial charge in [0.25, 0.3) is 0 Å². The molecule has 1 aliphatic heterocycles. The highest BCUT2D eigenvalue weighted by Crippen LogP contribution is 2.39. The Kier molecular flexibility index (Phi) is 4.48. The topological polar surface area (TPSA) is 15.3 Å². The molecule has 0 bridgehead atoms. The lowest BCUT2D eigenvalue weighted by molar-refractivity contribution is 0.131. The summed E-state index contributed by atoms with van der Waals surface area (Å²) >= 11 is 0. The van der Waals surface area contributed by atoms with Crippen molar-refractivity contribution in [2.24, 2.45) is 5.41 Å². The molecule has 0 amide bonds. The van der Waals surface area contributed by atoms with E-state index in [1.54, 1.807) is 0 Å². The van der Waals surface area contributed by atoms with Gasteiger partial charge in [-0.3, -0.25) is 4.90 Å². The molecule has 2 nitrogen and oxygen atoms in total. The van der Waals surface area contributed by atoms with Crippen molar-refractivity contribution in [2.75, 3.05) is 19.6 Å². The van der Waals surface area contributed by atoms with Crippen molar-refractivity contribution in [3.63, 3.8) is 0 Å². The summed E-state index contributed by atoms with van der Waals surface area (Å²) in [5.74, 6) is 0. The Labute approximate surface area is 107 Å². The van der Waals surface area contributed by atoms with Crippen LogP contribution in [0.2, 0.25) is 0 Å². The number of nitrogens with one attached hydrogen (secondary N) is 1. The second-order valence-electron chi connectivity index (χ2n) is 6.85. The molecule has 0 aromatic carbocycles. The third-order valence-corrected chi connectivity index (χ3v) is 4.59. The fourth-order valence-electron chi connectivity index (χ4n) is 3.56. The van der Waals surface area contributed by atoms with E-state index in [9.17, 15) is 0 Å². The second kappa shape index (κ2) is 5.71. The molecular weight excluding hydrogens is 208 g/mol. The lowest BCUT2D eigenvalue weighted by Crippen LogP contribution is -2.49. The van der Waals surface area contributed by atoms with E-state index in [0.29, 0.717) is 5.41 Å². The summed E-state index contributed by atoms with van der Waals surface area (Å²) in [6.45, 7) is 10.9. The predicted molar refractivity (Wildman–Crippen MR) is 74.3 cm³/mol. The molecule has 2 rings (SSSR count). The molecule has 0 spiro atoms. The van der Waals surface area contributed by atoms with E-state index in [-0.39, 0.29) is 0 Å². The zero-order valence-corrected chi connectivity index (χ0v) is 12.0. The van der Waals surface area contributed by atoms with Gasteiger partial charge < -0.3 is 5.32 Å². The van der Waals surface area contributed by atoms with Crippen molar-refractivity contribution in [1.29, 1.82) is 0 Å². The van der Waals surface area contributed by atoms with E-state index in [0.717, 1.165) is 12.1 Å². The van der Waals surface area contributed by atoms with Gasteiger partial charge in [-0.25, -0.2) is 0 Å². The lowest BCUT2D eigenvalue weighted by atomic mass is 9.91. The average molecular weight is 238 g/mol. The van der Waals surface area contributed by atoms with Crippen LogP contribution in [0.3, 0.4) is 0 Å². The molecule has 0 radical (unpaired) electrons. The Morgan fingerprint density at radius 1 is 1.29 bits per heavy atom. The predicted octanol–water partition coefficient (Wildman–Crippen LogP) is 3.03. The van der Waals surface area contributed by atoms with E-state index in [2.05, 4.69) is 31.0 Å². The van der Waals surface area contributed by atoms with Crippen LogP contribution in [-0.2, 0) is 0 Å². The van der Waals surface area contributed by atoms with Crippen molar-refractivity contribution < 1.29 is 0 Å². The van der Waals surface area contributed by atoms with Gasteiger partial charge in [-0.1, -0.05) is 20.8 Å². The summed E-state index contributed by atoms with van der Waals surface area (Å²) in [7, 11) is 0. The summed E-state index contributed by atoms with van der Waals surface area (Å²) in [6.07, 6.45) is 8.28. The van der Waals surface area contributed by atoms with Gasteiger partial charge >= 0.3 is 0 Å². The van der Waals surface area contributed by atoms with E-state index in [1.807, 2.05) is 0 Å². The number of hydrogen-bond acceptors (Lipinski definition) is 2. The van der Waals surface area contributed by atoms with Crippen molar-refractivity contribution in [1.82, 2.24) is 10.2 Å². The highest BCUT2D eigenvalue weighted by atomic mass is 15.2. The fourth-order valence-corrected chi connectivity index (χ4v) is 3.56. The van der Waals surface area contributed by atoms with Crippen LogP contribution in [0.25, 0.3) is 0 Å². The molecule has 1 N–H and O–H groups in total. The smallest absolute Gasteiger partial charge is 0.0195 e. The molecule has 0 aromatic heterocycles. The van der Waals surface area contributed by atoms with Gasteiger partial charge in [0.05, 0.1) is 0 Å². The third-order valence-electron chi connectivity index (χ3n) is 4.59. The van der Waals surface area contributed by atoms with Crippen LogP contribution < -0.4 is 5.32 Å². The summed E-state index contributed by atoms with van der Waals surface area (Å²) < 4.78 is 0. The monoisotopic (exact) mass is 238 g/mol. The van der Waals surface area contributed by atoms with Crippen molar-refractivity contribution in [3.05, 3.63) is 0 Å². The molecule has 1 heterocycles. The first-order chi connectivity index (χ1) is 8.11. The zero-order valence-electron chi connectivity index (χ0n) is 12.0. The summed E-state index contributed by atoms with van der Waals surface area (Å²) in [5.41, 5.74) is 0.592. The highest BCUT2D eigenvalue weighted by Gasteiger charge is 2.35. The number of rotatable bonds is 4. The number of hydrogen-bond donors (Lipinski definition) is 1. The van der Waals surface area contributed by atoms with Gasteiger partial charge in [-0.05, 0) is 57.0 Å². The van der Waals surface area contributed by atoms with Crippen molar-refractivity contribution >= 4 is 0 Å². The largest absolute Gasteiger partial charge is 0.313 e. The summed E-state index contributed by atoms with van der Waals surface area (Å²) in [4.78, 5) is 2.77. The Morgan fingerprint density at radius 3 is 2.76 bits per heavy atom. The number of piperidine rings is 1. The van der Waals surface area contributed by atoms with Crippen molar-refractivity contribution in [2.45, 2.75) is 71.4 Å². The third kappa shape index (κ3) is 3.69. The molecule has 2 aliphatic rings. The lowest BCUT2D eigenvalue weighted by Gasteiger charge is -2.37. The van der Waals surface area contributed by atoms with Crippen LogP contribution in [0.5, 0.6) is 0 Å². The van der Waals surface area contributed by atoms with Crippen molar-refractivity contribution in [3.8, 4) is 0 Å². The highest BCUT2D eigenvalue weighted by molar-refractivity contribution is 4.91. The molecule has 1 aliphatic carbocycles. The SMILES string of the molecule is CCCNC1CCCN(C2CCC(C)(C)C2)C1. The molecule has 100 valence electrons. The number of nitrogens with zero attached hydrogens (tertiary/aromatic N) is 1. The molecular formula is C15H30N2. The van der Waals surface area contributed by atoms with Gasteiger partial charge in [-0.15, -0.1) is 0 Å². The standard InChI is InChI=1S/C15H30N2/c1-4-9-16-13-6-5-10-17(12-13)14-7-8-15(2,3)11-14/h13-14,16H,4-12H2,1-3H3. The van der Waals surface area contributed by atoms with Gasteiger partial charge in [0.1, 0.15) is 0 Å². The maximum Gasteiger partial charge on any atom is 0.0195 e. The molecule has 2 unspecified atom stereocenters. The summed E-state index contributed by atoms with van der Waals surface area (Å²) in [5, 5.41) is 3.70. The van der Waals surface area contributed by atoms with Gasteiger partial charge in [0.15, 0.2) is 0 Å². The maximum atomic E-state index is 3.70. The molecule has 0 aromatic rings. The first kappa shape index (κ1) is 13.4. The Hall–Kier alpha value is -0.0800. The van der Waals surface area contributed by atoms with Crippen LogP contribution in [0.15, 0.2) is 0 Å². The Balaban J connectivity index is 1.81. The van der Waals surface area contributed by atoms with Crippen LogP contribution in [0.4, 0.5) is 0 Å².